The predicted octanol–water partition coefficient (Wildman–Crippen LogP) is 4.90. The Hall–Kier alpha value is -1.60. The minimum absolute atomic E-state index is 1.32. The number of fused-ring (bicyclic) bond motifs is 1. The summed E-state index contributed by atoms with van der Waals surface area (Å²) >= 11 is 1.79. The summed E-state index contributed by atoms with van der Waals surface area (Å²) < 4.78 is 1.37. The van der Waals surface area contributed by atoms with Gasteiger partial charge in [0, 0.05) is 4.70 Å². The Balaban J connectivity index is 0.000000125. The van der Waals surface area contributed by atoms with Crippen LogP contribution in [0.4, 0.5) is 0 Å². The molecule has 0 saturated carbocycles. The standard InChI is InChI=1S/C8H6S.C7H8/c1-2-4-8-7(3-1)5-6-9-8;1-7-5-3-2-4-6-7/h1-6H;2-6H,1H3. The molecule has 0 amide bonds. The van der Waals surface area contributed by atoms with Gasteiger partial charge in [-0.25, -0.2) is 0 Å². The summed E-state index contributed by atoms with van der Waals surface area (Å²) in [6, 6.07) is 20.8. The number of thiophene rings is 1. The quantitative estimate of drug-likeness (QED) is 0.511. The van der Waals surface area contributed by atoms with Gasteiger partial charge in [-0.3, -0.25) is 0 Å². The third-order valence-corrected chi connectivity index (χ3v) is 3.20. The smallest absolute Gasteiger partial charge is 0.0342 e. The molecule has 1 heteroatoms. The summed E-state index contributed by atoms with van der Waals surface area (Å²) in [6.07, 6.45) is 0. The van der Waals surface area contributed by atoms with Gasteiger partial charge in [-0.1, -0.05) is 54.1 Å². The Kier molecular flexibility index (Phi) is 3.73. The van der Waals surface area contributed by atoms with Gasteiger partial charge in [0.1, 0.15) is 0 Å². The molecule has 3 aromatic rings. The zero-order valence-electron chi connectivity index (χ0n) is 9.26. The van der Waals surface area contributed by atoms with Gasteiger partial charge in [-0.15, -0.1) is 11.3 Å². The van der Waals surface area contributed by atoms with Crippen molar-refractivity contribution < 1.29 is 0 Å². The van der Waals surface area contributed by atoms with Crippen molar-refractivity contribution in [3.63, 3.8) is 0 Å². The average molecular weight is 226 g/mol. The van der Waals surface area contributed by atoms with Crippen LogP contribution in [0, 0.1) is 6.92 Å². The van der Waals surface area contributed by atoms with Crippen LogP contribution in [-0.4, -0.2) is 0 Å². The molecule has 0 aliphatic carbocycles. The number of hydrogen-bond donors (Lipinski definition) is 0. The highest BCUT2D eigenvalue weighted by Crippen LogP contribution is 2.18. The normalized spacial score (nSPS) is 9.56. The van der Waals surface area contributed by atoms with Crippen molar-refractivity contribution in [3.8, 4) is 0 Å². The number of benzene rings is 2. The summed E-state index contributed by atoms with van der Waals surface area (Å²) in [6.45, 7) is 2.08. The maximum atomic E-state index is 2.14. The van der Waals surface area contributed by atoms with E-state index in [-0.39, 0.29) is 0 Å². The van der Waals surface area contributed by atoms with Gasteiger partial charge in [-0.2, -0.15) is 0 Å². The van der Waals surface area contributed by atoms with E-state index in [9.17, 15) is 0 Å². The van der Waals surface area contributed by atoms with Crippen molar-refractivity contribution in [2.45, 2.75) is 6.92 Å². The summed E-state index contributed by atoms with van der Waals surface area (Å²) in [5.41, 5.74) is 1.32. The highest BCUT2D eigenvalue weighted by atomic mass is 32.1. The zero-order chi connectivity index (χ0) is 11.2. The molecule has 2 aromatic carbocycles. The lowest BCUT2D eigenvalue weighted by Crippen LogP contribution is -1.62. The SMILES string of the molecule is Cc1ccccc1.c1ccc2sccc2c1. The number of rotatable bonds is 0. The third-order valence-electron chi connectivity index (χ3n) is 2.30. The Bertz CT molecular complexity index is 507. The molecule has 1 heterocycles. The fourth-order valence-corrected chi connectivity index (χ4v) is 2.23. The van der Waals surface area contributed by atoms with E-state index in [1.807, 2.05) is 18.2 Å². The van der Waals surface area contributed by atoms with Gasteiger partial charge in [-0.05, 0) is 29.8 Å². The molecule has 0 aliphatic heterocycles. The topological polar surface area (TPSA) is 0 Å². The van der Waals surface area contributed by atoms with Gasteiger partial charge >= 0.3 is 0 Å². The molecule has 0 bridgehead atoms. The lowest BCUT2D eigenvalue weighted by molar-refractivity contribution is 1.48. The Morgan fingerprint density at radius 1 is 0.750 bits per heavy atom. The van der Waals surface area contributed by atoms with Crippen molar-refractivity contribution in [3.05, 3.63) is 71.6 Å². The second-order valence-electron chi connectivity index (χ2n) is 3.61. The van der Waals surface area contributed by atoms with Gasteiger partial charge in [0.25, 0.3) is 0 Å². The van der Waals surface area contributed by atoms with E-state index in [4.69, 9.17) is 0 Å². The summed E-state index contributed by atoms with van der Waals surface area (Å²) in [4.78, 5) is 0. The van der Waals surface area contributed by atoms with Crippen molar-refractivity contribution >= 4 is 21.4 Å². The third kappa shape index (κ3) is 2.94. The van der Waals surface area contributed by atoms with Crippen molar-refractivity contribution in [1.82, 2.24) is 0 Å². The number of aryl methyl sites for hydroxylation is 1. The molecule has 0 nitrogen and oxygen atoms in total. The maximum absolute atomic E-state index is 2.14. The van der Waals surface area contributed by atoms with Crippen LogP contribution >= 0.6 is 11.3 Å². The summed E-state index contributed by atoms with van der Waals surface area (Å²) in [5.74, 6) is 0. The molecule has 80 valence electrons. The first kappa shape index (κ1) is 10.9. The lowest BCUT2D eigenvalue weighted by Gasteiger charge is -1.82. The molecule has 0 unspecified atom stereocenters. The first-order chi connectivity index (χ1) is 7.86. The molecule has 16 heavy (non-hydrogen) atoms. The van der Waals surface area contributed by atoms with Gasteiger partial charge in [0.05, 0.1) is 0 Å². The Labute approximate surface area is 100 Å². The molecule has 0 fully saturated rings. The van der Waals surface area contributed by atoms with E-state index in [1.54, 1.807) is 11.3 Å². The highest BCUT2D eigenvalue weighted by Gasteiger charge is 1.87. The molecule has 0 aliphatic rings. The lowest BCUT2D eigenvalue weighted by atomic mass is 10.2. The van der Waals surface area contributed by atoms with E-state index in [0.717, 1.165) is 0 Å². The van der Waals surface area contributed by atoms with Gasteiger partial charge in [0.2, 0.25) is 0 Å². The highest BCUT2D eigenvalue weighted by molar-refractivity contribution is 7.17. The van der Waals surface area contributed by atoms with Crippen LogP contribution in [0.15, 0.2) is 66.0 Å². The van der Waals surface area contributed by atoms with E-state index < -0.39 is 0 Å². The predicted molar refractivity (Wildman–Crippen MR) is 73.0 cm³/mol. The maximum Gasteiger partial charge on any atom is 0.0342 e. The molecule has 0 N–H and O–H groups in total. The second kappa shape index (κ2) is 5.47. The van der Waals surface area contributed by atoms with Crippen LogP contribution in [0.25, 0.3) is 10.1 Å². The van der Waals surface area contributed by atoms with Crippen LogP contribution in [0.5, 0.6) is 0 Å². The van der Waals surface area contributed by atoms with Crippen LogP contribution in [0.2, 0.25) is 0 Å². The summed E-state index contributed by atoms with van der Waals surface area (Å²) in [5, 5.41) is 3.47. The van der Waals surface area contributed by atoms with E-state index >= 15 is 0 Å². The zero-order valence-corrected chi connectivity index (χ0v) is 10.1. The van der Waals surface area contributed by atoms with E-state index in [0.29, 0.717) is 0 Å². The Morgan fingerprint density at radius 2 is 1.44 bits per heavy atom. The molecule has 0 spiro atoms. The van der Waals surface area contributed by atoms with E-state index in [1.165, 1.54) is 15.6 Å². The largest absolute Gasteiger partial charge is 0.144 e. The molecular formula is C15H14S. The van der Waals surface area contributed by atoms with Crippen LogP contribution in [0.1, 0.15) is 5.56 Å². The van der Waals surface area contributed by atoms with E-state index in [2.05, 4.69) is 54.8 Å². The molecule has 3 rings (SSSR count). The number of hydrogen-bond acceptors (Lipinski definition) is 1. The van der Waals surface area contributed by atoms with Crippen LogP contribution in [-0.2, 0) is 0 Å². The molecule has 0 radical (unpaired) electrons. The first-order valence-electron chi connectivity index (χ1n) is 5.30. The molecule has 0 atom stereocenters. The first-order valence-corrected chi connectivity index (χ1v) is 6.18. The summed E-state index contributed by atoms with van der Waals surface area (Å²) in [7, 11) is 0. The van der Waals surface area contributed by atoms with Crippen molar-refractivity contribution in [2.24, 2.45) is 0 Å². The fraction of sp³-hybridized carbons (Fsp3) is 0.0667. The molecule has 0 saturated heterocycles. The van der Waals surface area contributed by atoms with Gasteiger partial charge < -0.3 is 0 Å². The van der Waals surface area contributed by atoms with Crippen molar-refractivity contribution in [1.29, 1.82) is 0 Å². The average Bonchev–Trinajstić information content (AvgIpc) is 2.79. The van der Waals surface area contributed by atoms with Crippen LogP contribution in [0.3, 0.4) is 0 Å². The van der Waals surface area contributed by atoms with Gasteiger partial charge in [0.15, 0.2) is 0 Å². The minimum Gasteiger partial charge on any atom is -0.144 e. The fourth-order valence-electron chi connectivity index (χ4n) is 1.44. The van der Waals surface area contributed by atoms with Crippen molar-refractivity contribution in [2.75, 3.05) is 0 Å². The van der Waals surface area contributed by atoms with Crippen LogP contribution < -0.4 is 0 Å². The monoisotopic (exact) mass is 226 g/mol. The molecular weight excluding hydrogens is 212 g/mol. The second-order valence-corrected chi connectivity index (χ2v) is 4.56. The molecule has 1 aromatic heterocycles. The minimum atomic E-state index is 1.32. The Morgan fingerprint density at radius 3 is 2.06 bits per heavy atom.